The third kappa shape index (κ3) is 3.65. The smallest absolute Gasteiger partial charge is 0.337 e. The van der Waals surface area contributed by atoms with E-state index in [2.05, 4.69) is 0 Å². The molecule has 0 saturated carbocycles. The van der Waals surface area contributed by atoms with Crippen molar-refractivity contribution in [1.29, 1.82) is 0 Å². The third-order valence-electron chi connectivity index (χ3n) is 3.49. The van der Waals surface area contributed by atoms with Crippen LogP contribution in [-0.2, 0) is 4.79 Å². The van der Waals surface area contributed by atoms with E-state index < -0.39 is 11.8 Å². The van der Waals surface area contributed by atoms with Crippen LogP contribution in [0.3, 0.4) is 0 Å². The first-order chi connectivity index (χ1) is 9.49. The Morgan fingerprint density at radius 1 is 1.15 bits per heavy atom. The van der Waals surface area contributed by atoms with Crippen molar-refractivity contribution in [2.75, 3.05) is 13.1 Å². The van der Waals surface area contributed by atoms with Gasteiger partial charge in [-0.15, -0.1) is 0 Å². The first-order valence-corrected chi connectivity index (χ1v) is 6.92. The Morgan fingerprint density at radius 3 is 2.35 bits per heavy atom. The molecule has 2 nitrogen and oxygen atoms in total. The summed E-state index contributed by atoms with van der Waals surface area (Å²) < 4.78 is 27.8. The highest BCUT2D eigenvalue weighted by Crippen LogP contribution is 2.23. The molecule has 0 bridgehead atoms. The highest BCUT2D eigenvalue weighted by molar-refractivity contribution is 5.86. The molecular formula is C16H19F2NO. The zero-order valence-electron chi connectivity index (χ0n) is 11.6. The largest absolute Gasteiger partial charge is 0.343 e. The van der Waals surface area contributed by atoms with Gasteiger partial charge >= 0.3 is 5.92 Å². The predicted octanol–water partition coefficient (Wildman–Crippen LogP) is 3.66. The van der Waals surface area contributed by atoms with Gasteiger partial charge in [0.05, 0.1) is 0 Å². The van der Waals surface area contributed by atoms with Gasteiger partial charge in [0, 0.05) is 13.1 Å². The lowest BCUT2D eigenvalue weighted by molar-refractivity contribution is -0.151. The average molecular weight is 279 g/mol. The van der Waals surface area contributed by atoms with Gasteiger partial charge < -0.3 is 4.90 Å². The van der Waals surface area contributed by atoms with Crippen LogP contribution in [0, 0.1) is 6.92 Å². The summed E-state index contributed by atoms with van der Waals surface area (Å²) in [4.78, 5) is 13.1. The van der Waals surface area contributed by atoms with E-state index in [0.717, 1.165) is 24.8 Å². The Labute approximate surface area is 118 Å². The molecule has 0 atom stereocenters. The monoisotopic (exact) mass is 279 g/mol. The number of halogens is 2. The van der Waals surface area contributed by atoms with Crippen molar-refractivity contribution >= 4 is 12.0 Å². The predicted molar refractivity (Wildman–Crippen MR) is 75.6 cm³/mol. The third-order valence-corrected chi connectivity index (χ3v) is 3.49. The summed E-state index contributed by atoms with van der Waals surface area (Å²) in [5, 5.41) is 0. The average Bonchev–Trinajstić information content (AvgIpc) is 2.47. The van der Waals surface area contributed by atoms with Crippen LogP contribution in [0.1, 0.15) is 30.4 Å². The van der Waals surface area contributed by atoms with Gasteiger partial charge in [-0.1, -0.05) is 35.9 Å². The van der Waals surface area contributed by atoms with Crippen LogP contribution in [0.25, 0.3) is 6.08 Å². The number of likely N-dealkylation sites (tertiary alicyclic amines) is 1. The lowest BCUT2D eigenvalue weighted by Gasteiger charge is -2.29. The number of hydrogen-bond acceptors (Lipinski definition) is 1. The molecule has 0 unspecified atom stereocenters. The fourth-order valence-corrected chi connectivity index (χ4v) is 2.26. The van der Waals surface area contributed by atoms with Gasteiger partial charge in [0.25, 0.3) is 5.91 Å². The van der Waals surface area contributed by atoms with Crippen LogP contribution in [0.5, 0.6) is 0 Å². The van der Waals surface area contributed by atoms with Gasteiger partial charge in [-0.05, 0) is 37.8 Å². The number of carbonyl (C=O) groups excluding carboxylic acids is 1. The molecule has 1 fully saturated rings. The molecule has 1 saturated heterocycles. The molecule has 1 aromatic rings. The van der Waals surface area contributed by atoms with Crippen molar-refractivity contribution in [1.82, 2.24) is 4.90 Å². The van der Waals surface area contributed by atoms with Crippen LogP contribution < -0.4 is 0 Å². The van der Waals surface area contributed by atoms with Gasteiger partial charge in [0.15, 0.2) is 0 Å². The minimum Gasteiger partial charge on any atom is -0.337 e. The molecule has 108 valence electrons. The topological polar surface area (TPSA) is 20.3 Å². The quantitative estimate of drug-likeness (QED) is 0.827. The summed E-state index contributed by atoms with van der Waals surface area (Å²) in [6.45, 7) is 2.81. The van der Waals surface area contributed by atoms with Gasteiger partial charge in [-0.25, -0.2) is 0 Å². The molecule has 1 heterocycles. The molecular weight excluding hydrogens is 260 g/mol. The Morgan fingerprint density at radius 2 is 1.75 bits per heavy atom. The SMILES string of the molecule is Cc1ccc(/C=C/C(F)(F)C(=O)N2CCCCC2)cc1. The molecule has 1 amide bonds. The number of carbonyl (C=O) groups is 1. The molecule has 0 N–H and O–H groups in total. The first-order valence-electron chi connectivity index (χ1n) is 6.92. The standard InChI is InChI=1S/C16H19F2NO/c1-13-5-7-14(8-6-13)9-10-16(17,18)15(20)19-11-3-2-4-12-19/h5-10H,2-4,11-12H2,1H3/b10-9+. The zero-order chi connectivity index (χ0) is 14.6. The maximum Gasteiger partial charge on any atom is 0.343 e. The second kappa shape index (κ2) is 6.16. The maximum absolute atomic E-state index is 13.9. The number of nitrogens with zero attached hydrogens (tertiary/aromatic N) is 1. The van der Waals surface area contributed by atoms with E-state index in [1.807, 2.05) is 19.1 Å². The van der Waals surface area contributed by atoms with Gasteiger partial charge in [0.1, 0.15) is 0 Å². The summed E-state index contributed by atoms with van der Waals surface area (Å²) in [6.07, 6.45) is 4.64. The lowest BCUT2D eigenvalue weighted by atomic mass is 10.1. The second-order valence-corrected chi connectivity index (χ2v) is 5.22. The number of alkyl halides is 2. The highest BCUT2D eigenvalue weighted by Gasteiger charge is 2.39. The summed E-state index contributed by atoms with van der Waals surface area (Å²) >= 11 is 0. The van der Waals surface area contributed by atoms with Crippen molar-refractivity contribution in [2.24, 2.45) is 0 Å². The molecule has 0 aromatic heterocycles. The van der Waals surface area contributed by atoms with Crippen LogP contribution in [0.4, 0.5) is 8.78 Å². The van der Waals surface area contributed by atoms with Crippen LogP contribution in [0.2, 0.25) is 0 Å². The lowest BCUT2D eigenvalue weighted by Crippen LogP contribution is -2.44. The number of benzene rings is 1. The van der Waals surface area contributed by atoms with Gasteiger partial charge in [-0.3, -0.25) is 4.79 Å². The molecule has 1 aliphatic heterocycles. The Bertz CT molecular complexity index is 488. The van der Waals surface area contributed by atoms with E-state index in [0.29, 0.717) is 24.7 Å². The van der Waals surface area contributed by atoms with Crippen molar-refractivity contribution in [3.05, 3.63) is 41.5 Å². The van der Waals surface area contributed by atoms with Gasteiger partial charge in [0.2, 0.25) is 0 Å². The van der Waals surface area contributed by atoms with Crippen LogP contribution in [-0.4, -0.2) is 29.8 Å². The number of hydrogen-bond donors (Lipinski definition) is 0. The Kier molecular flexibility index (Phi) is 4.53. The molecule has 1 aliphatic rings. The van der Waals surface area contributed by atoms with E-state index in [1.165, 1.54) is 11.0 Å². The van der Waals surface area contributed by atoms with E-state index in [4.69, 9.17) is 0 Å². The van der Waals surface area contributed by atoms with E-state index in [-0.39, 0.29) is 0 Å². The molecule has 20 heavy (non-hydrogen) atoms. The van der Waals surface area contributed by atoms with Crippen LogP contribution >= 0.6 is 0 Å². The normalized spacial score (nSPS) is 16.6. The van der Waals surface area contributed by atoms with Crippen molar-refractivity contribution in [3.8, 4) is 0 Å². The minimum atomic E-state index is -3.43. The number of rotatable bonds is 3. The molecule has 0 radical (unpaired) electrons. The first kappa shape index (κ1) is 14.7. The summed E-state index contributed by atoms with van der Waals surface area (Å²) in [7, 11) is 0. The minimum absolute atomic E-state index is 0.437. The molecule has 2 rings (SSSR count). The van der Waals surface area contributed by atoms with Gasteiger partial charge in [-0.2, -0.15) is 8.78 Å². The van der Waals surface area contributed by atoms with Crippen molar-refractivity contribution < 1.29 is 13.6 Å². The number of aryl methyl sites for hydroxylation is 1. The molecule has 0 aliphatic carbocycles. The summed E-state index contributed by atoms with van der Waals surface area (Å²) in [6, 6.07) is 7.22. The maximum atomic E-state index is 13.9. The highest BCUT2D eigenvalue weighted by atomic mass is 19.3. The second-order valence-electron chi connectivity index (χ2n) is 5.22. The van der Waals surface area contributed by atoms with Crippen molar-refractivity contribution in [2.45, 2.75) is 32.1 Å². The Hall–Kier alpha value is -1.71. The van der Waals surface area contributed by atoms with E-state index >= 15 is 0 Å². The van der Waals surface area contributed by atoms with Crippen molar-refractivity contribution in [3.63, 3.8) is 0 Å². The molecule has 1 aromatic carbocycles. The number of amides is 1. The summed E-state index contributed by atoms with van der Waals surface area (Å²) in [5.74, 6) is -4.51. The Balaban J connectivity index is 2.05. The summed E-state index contributed by atoms with van der Waals surface area (Å²) in [5.41, 5.74) is 1.74. The zero-order valence-corrected chi connectivity index (χ0v) is 11.6. The van der Waals surface area contributed by atoms with E-state index in [1.54, 1.807) is 12.1 Å². The molecule has 4 heteroatoms. The fraction of sp³-hybridized carbons (Fsp3) is 0.438. The number of piperidine rings is 1. The molecule has 0 spiro atoms. The fourth-order valence-electron chi connectivity index (χ4n) is 2.26. The van der Waals surface area contributed by atoms with Crippen LogP contribution in [0.15, 0.2) is 30.3 Å². The van der Waals surface area contributed by atoms with E-state index in [9.17, 15) is 13.6 Å².